The molecule has 0 bridgehead atoms. The van der Waals surface area contributed by atoms with Gasteiger partial charge in [-0.05, 0) is 49.7 Å². The molecule has 43 heavy (non-hydrogen) atoms. The highest BCUT2D eigenvalue weighted by molar-refractivity contribution is 7.85. The molecule has 0 saturated carbocycles. The van der Waals surface area contributed by atoms with E-state index >= 15 is 0 Å². The standard InChI is InChI=1S/C30H53NO.C6H5ClO3S/c1-3-4-5-6-7-8-9-10-11-12-13-14-15-16-17-18-19-20-21-24-27-30(2)31-28-25-22-23-26-29(28)32-30;7-5-1-3-6(4-2-5)11(8,9)10/h22-23,25-26,31H,3-21,24,27H2,1-2H3;1-4H,(H,8,9,10). The van der Waals surface area contributed by atoms with Crippen molar-refractivity contribution in [3.8, 4) is 5.75 Å². The average molecular weight is 636 g/mol. The minimum Gasteiger partial charge on any atom is -0.466 e. The van der Waals surface area contributed by atoms with Crippen molar-refractivity contribution < 1.29 is 17.7 Å². The second-order valence-electron chi connectivity index (χ2n) is 12.4. The van der Waals surface area contributed by atoms with Gasteiger partial charge < -0.3 is 10.1 Å². The summed E-state index contributed by atoms with van der Waals surface area (Å²) in [4.78, 5) is -0.151. The number of benzene rings is 2. The number of hydrogen-bond donors (Lipinski definition) is 2. The van der Waals surface area contributed by atoms with Crippen molar-refractivity contribution in [1.29, 1.82) is 0 Å². The fourth-order valence-electron chi connectivity index (χ4n) is 5.65. The molecule has 1 heterocycles. The lowest BCUT2D eigenvalue weighted by molar-refractivity contribution is 0.125. The van der Waals surface area contributed by atoms with Crippen LogP contribution >= 0.6 is 11.6 Å². The Bertz CT molecular complexity index is 1070. The van der Waals surface area contributed by atoms with E-state index in [-0.39, 0.29) is 10.6 Å². The summed E-state index contributed by atoms with van der Waals surface area (Å²) in [7, 11) is -4.08. The van der Waals surface area contributed by atoms with Crippen LogP contribution in [-0.2, 0) is 10.1 Å². The molecule has 7 heteroatoms. The number of anilines is 1. The number of halogens is 1. The minimum absolute atomic E-state index is 0.151. The van der Waals surface area contributed by atoms with E-state index in [4.69, 9.17) is 20.9 Å². The predicted molar refractivity (Wildman–Crippen MR) is 183 cm³/mol. The molecule has 5 nitrogen and oxygen atoms in total. The molecule has 0 radical (unpaired) electrons. The summed E-state index contributed by atoms with van der Waals surface area (Å²) in [6, 6.07) is 13.5. The number of fused-ring (bicyclic) bond motifs is 1. The van der Waals surface area contributed by atoms with E-state index in [9.17, 15) is 8.42 Å². The molecule has 1 aliphatic rings. The maximum absolute atomic E-state index is 10.5. The summed E-state index contributed by atoms with van der Waals surface area (Å²) in [6.45, 7) is 4.48. The maximum atomic E-state index is 10.5. The number of rotatable bonds is 22. The van der Waals surface area contributed by atoms with Gasteiger partial charge in [-0.1, -0.05) is 153 Å². The third kappa shape index (κ3) is 17.3. The van der Waals surface area contributed by atoms with Crippen LogP contribution in [-0.4, -0.2) is 18.7 Å². The fraction of sp³-hybridized carbons (Fsp3) is 0.667. The molecule has 244 valence electrons. The average Bonchev–Trinajstić information content (AvgIpc) is 3.32. The Balaban J connectivity index is 0.000000490. The Morgan fingerprint density at radius 1 is 0.674 bits per heavy atom. The Kier molecular flexibility index (Phi) is 19.0. The van der Waals surface area contributed by atoms with Crippen molar-refractivity contribution in [2.75, 3.05) is 5.32 Å². The van der Waals surface area contributed by atoms with Crippen molar-refractivity contribution in [3.63, 3.8) is 0 Å². The van der Waals surface area contributed by atoms with Crippen LogP contribution in [0.25, 0.3) is 0 Å². The molecule has 1 unspecified atom stereocenters. The molecule has 0 spiro atoms. The quantitative estimate of drug-likeness (QED) is 0.0994. The van der Waals surface area contributed by atoms with E-state index in [1.54, 1.807) is 0 Å². The zero-order valence-corrected chi connectivity index (χ0v) is 28.5. The Hall–Kier alpha value is -1.76. The van der Waals surface area contributed by atoms with Crippen molar-refractivity contribution >= 4 is 27.4 Å². The lowest BCUT2D eigenvalue weighted by Gasteiger charge is -2.24. The summed E-state index contributed by atoms with van der Waals surface area (Å²) in [5, 5.41) is 3.98. The van der Waals surface area contributed by atoms with E-state index in [0.717, 1.165) is 17.9 Å². The fourth-order valence-corrected chi connectivity index (χ4v) is 6.26. The van der Waals surface area contributed by atoms with Gasteiger partial charge in [-0.2, -0.15) is 8.42 Å². The molecule has 0 amide bonds. The van der Waals surface area contributed by atoms with E-state index in [0.29, 0.717) is 5.02 Å². The van der Waals surface area contributed by atoms with Crippen LogP contribution in [0.5, 0.6) is 5.75 Å². The first kappa shape index (κ1) is 37.4. The first-order valence-electron chi connectivity index (χ1n) is 17.0. The summed E-state index contributed by atoms with van der Waals surface area (Å²) in [6.07, 6.45) is 29.7. The predicted octanol–water partition coefficient (Wildman–Crippen LogP) is 12.0. The first-order valence-corrected chi connectivity index (χ1v) is 18.8. The topological polar surface area (TPSA) is 75.6 Å². The van der Waals surface area contributed by atoms with Crippen LogP contribution in [0.1, 0.15) is 149 Å². The molecule has 0 fully saturated rings. The van der Waals surface area contributed by atoms with Gasteiger partial charge >= 0.3 is 0 Å². The molecule has 0 aliphatic carbocycles. The molecule has 1 atom stereocenters. The SMILES string of the molecule is CCCCCCCCCCCCCCCCCCCCCCC1(C)Nc2ccccc2O1.O=S(=O)(O)c1ccc(Cl)cc1. The van der Waals surface area contributed by atoms with Gasteiger partial charge in [0, 0.05) is 11.4 Å². The van der Waals surface area contributed by atoms with Gasteiger partial charge in [-0.15, -0.1) is 0 Å². The highest BCUT2D eigenvalue weighted by Crippen LogP contribution is 2.38. The van der Waals surface area contributed by atoms with E-state index in [1.807, 2.05) is 6.07 Å². The third-order valence-electron chi connectivity index (χ3n) is 8.24. The molecule has 0 aromatic heterocycles. The zero-order chi connectivity index (χ0) is 31.2. The number of unbranched alkanes of at least 4 members (excludes halogenated alkanes) is 19. The van der Waals surface area contributed by atoms with Crippen molar-refractivity contribution in [3.05, 3.63) is 53.6 Å². The monoisotopic (exact) mass is 635 g/mol. The largest absolute Gasteiger partial charge is 0.466 e. The third-order valence-corrected chi connectivity index (χ3v) is 9.36. The number of nitrogens with one attached hydrogen (secondary N) is 1. The van der Waals surface area contributed by atoms with Crippen LogP contribution in [0.3, 0.4) is 0 Å². The van der Waals surface area contributed by atoms with E-state index in [1.165, 1.54) is 153 Å². The highest BCUT2D eigenvalue weighted by Gasteiger charge is 2.32. The highest BCUT2D eigenvalue weighted by atomic mass is 35.5. The van der Waals surface area contributed by atoms with Crippen LogP contribution in [0.4, 0.5) is 5.69 Å². The van der Waals surface area contributed by atoms with Crippen LogP contribution < -0.4 is 10.1 Å². The minimum atomic E-state index is -4.08. The van der Waals surface area contributed by atoms with Gasteiger partial charge in [-0.3, -0.25) is 4.55 Å². The van der Waals surface area contributed by atoms with Gasteiger partial charge in [0.1, 0.15) is 5.75 Å². The smallest absolute Gasteiger partial charge is 0.294 e. The normalized spacial score (nSPS) is 15.7. The van der Waals surface area contributed by atoms with Crippen LogP contribution in [0.2, 0.25) is 5.02 Å². The summed E-state index contributed by atoms with van der Waals surface area (Å²) in [5.41, 5.74) is 0.931. The number of para-hydroxylation sites is 2. The summed E-state index contributed by atoms with van der Waals surface area (Å²) < 4.78 is 35.5. The van der Waals surface area contributed by atoms with Crippen LogP contribution in [0, 0.1) is 0 Å². The Labute approximate surface area is 268 Å². The second kappa shape index (κ2) is 21.9. The lowest BCUT2D eigenvalue weighted by atomic mass is 10.0. The maximum Gasteiger partial charge on any atom is 0.294 e. The van der Waals surface area contributed by atoms with E-state index < -0.39 is 10.1 Å². The molecule has 1 aliphatic heterocycles. The van der Waals surface area contributed by atoms with Gasteiger partial charge in [0.15, 0.2) is 5.72 Å². The lowest BCUT2D eigenvalue weighted by Crippen LogP contribution is -2.36. The van der Waals surface area contributed by atoms with Crippen molar-refractivity contribution in [2.45, 2.75) is 159 Å². The summed E-state index contributed by atoms with van der Waals surface area (Å²) >= 11 is 5.49. The molecule has 0 saturated heterocycles. The van der Waals surface area contributed by atoms with Gasteiger partial charge in [0.25, 0.3) is 10.1 Å². The number of hydrogen-bond acceptors (Lipinski definition) is 4. The van der Waals surface area contributed by atoms with Gasteiger partial charge in [-0.25, -0.2) is 0 Å². The first-order chi connectivity index (χ1) is 20.7. The van der Waals surface area contributed by atoms with Gasteiger partial charge in [0.2, 0.25) is 0 Å². The molecular formula is C36H58ClNO4S. The van der Waals surface area contributed by atoms with E-state index in [2.05, 4.69) is 37.4 Å². The molecule has 2 aromatic carbocycles. The molecule has 2 aromatic rings. The summed E-state index contributed by atoms with van der Waals surface area (Å²) in [5.74, 6) is 1.00. The Morgan fingerprint density at radius 3 is 1.51 bits per heavy atom. The zero-order valence-electron chi connectivity index (χ0n) is 26.9. The molecular weight excluding hydrogens is 578 g/mol. The molecule has 3 rings (SSSR count). The van der Waals surface area contributed by atoms with Gasteiger partial charge in [0.05, 0.1) is 10.6 Å². The number of ether oxygens (including phenoxy) is 1. The Morgan fingerprint density at radius 2 is 1.09 bits per heavy atom. The van der Waals surface area contributed by atoms with Crippen molar-refractivity contribution in [2.24, 2.45) is 0 Å². The second-order valence-corrected chi connectivity index (χ2v) is 14.2. The van der Waals surface area contributed by atoms with Crippen LogP contribution in [0.15, 0.2) is 53.4 Å². The van der Waals surface area contributed by atoms with Crippen molar-refractivity contribution in [1.82, 2.24) is 0 Å². The molecule has 2 N–H and O–H groups in total.